The third-order valence-corrected chi connectivity index (χ3v) is 4.07. The SMILES string of the molecule is CCNC(=NCc1ccc(C(=O)N(C)C)cc1)NCCOc1cccc(Cl)c1.I. The zero-order valence-electron chi connectivity index (χ0n) is 16.9. The second-order valence-corrected chi connectivity index (χ2v) is 6.76. The number of hydrogen-bond acceptors (Lipinski definition) is 3. The first-order valence-electron chi connectivity index (χ1n) is 9.20. The van der Waals surface area contributed by atoms with Crippen LogP contribution in [-0.2, 0) is 6.54 Å². The van der Waals surface area contributed by atoms with E-state index in [4.69, 9.17) is 16.3 Å². The number of rotatable bonds is 8. The number of carbonyl (C=O) groups excluding carboxylic acids is 1. The van der Waals surface area contributed by atoms with E-state index >= 15 is 0 Å². The van der Waals surface area contributed by atoms with Crippen LogP contribution in [0.15, 0.2) is 53.5 Å². The van der Waals surface area contributed by atoms with E-state index in [0.29, 0.717) is 36.2 Å². The quantitative estimate of drug-likeness (QED) is 0.236. The third-order valence-electron chi connectivity index (χ3n) is 3.83. The molecular formula is C21H28ClIN4O2. The van der Waals surface area contributed by atoms with Crippen molar-refractivity contribution < 1.29 is 9.53 Å². The molecule has 0 spiro atoms. The highest BCUT2D eigenvalue weighted by Crippen LogP contribution is 2.16. The molecule has 0 saturated carbocycles. The maximum atomic E-state index is 11.9. The molecule has 0 heterocycles. The van der Waals surface area contributed by atoms with Gasteiger partial charge in [-0.3, -0.25) is 4.79 Å². The van der Waals surface area contributed by atoms with Crippen LogP contribution >= 0.6 is 35.6 Å². The van der Waals surface area contributed by atoms with E-state index in [0.717, 1.165) is 17.9 Å². The van der Waals surface area contributed by atoms with E-state index in [1.807, 2.05) is 49.4 Å². The fraction of sp³-hybridized carbons (Fsp3) is 0.333. The van der Waals surface area contributed by atoms with Crippen molar-refractivity contribution in [2.75, 3.05) is 33.8 Å². The van der Waals surface area contributed by atoms with E-state index in [1.54, 1.807) is 25.1 Å². The van der Waals surface area contributed by atoms with Crippen LogP contribution in [0.3, 0.4) is 0 Å². The monoisotopic (exact) mass is 530 g/mol. The van der Waals surface area contributed by atoms with E-state index in [-0.39, 0.29) is 29.9 Å². The summed E-state index contributed by atoms with van der Waals surface area (Å²) in [5.41, 5.74) is 1.70. The molecule has 2 aromatic rings. The molecule has 0 fully saturated rings. The zero-order chi connectivity index (χ0) is 20.4. The molecule has 6 nitrogen and oxygen atoms in total. The minimum atomic E-state index is -0.00948. The number of guanidine groups is 1. The van der Waals surface area contributed by atoms with E-state index in [2.05, 4.69) is 15.6 Å². The van der Waals surface area contributed by atoms with Gasteiger partial charge in [-0.05, 0) is 42.8 Å². The molecule has 0 aromatic heterocycles. The molecule has 0 bridgehead atoms. The Bertz CT molecular complexity index is 798. The lowest BCUT2D eigenvalue weighted by molar-refractivity contribution is 0.0827. The topological polar surface area (TPSA) is 66.0 Å². The summed E-state index contributed by atoms with van der Waals surface area (Å²) >= 11 is 5.95. The molecule has 2 N–H and O–H groups in total. The molecule has 29 heavy (non-hydrogen) atoms. The standard InChI is InChI=1S/C21H27ClN4O2.HI/c1-4-23-21(24-12-13-28-19-7-5-6-18(22)14-19)25-15-16-8-10-17(11-9-16)20(27)26(2)3;/h5-11,14H,4,12-13,15H2,1-3H3,(H2,23,24,25);1H. The minimum absolute atomic E-state index is 0. The van der Waals surface area contributed by atoms with Crippen molar-refractivity contribution >= 4 is 47.4 Å². The van der Waals surface area contributed by atoms with Gasteiger partial charge in [-0.15, -0.1) is 24.0 Å². The van der Waals surface area contributed by atoms with Crippen LogP contribution in [0.25, 0.3) is 0 Å². The number of aliphatic imine (C=N–C) groups is 1. The van der Waals surface area contributed by atoms with Gasteiger partial charge in [0.05, 0.1) is 13.1 Å². The lowest BCUT2D eigenvalue weighted by Gasteiger charge is -2.12. The number of ether oxygens (including phenoxy) is 1. The van der Waals surface area contributed by atoms with Gasteiger partial charge >= 0.3 is 0 Å². The van der Waals surface area contributed by atoms with Crippen molar-refractivity contribution in [2.24, 2.45) is 4.99 Å². The smallest absolute Gasteiger partial charge is 0.253 e. The molecule has 2 aromatic carbocycles. The molecule has 158 valence electrons. The summed E-state index contributed by atoms with van der Waals surface area (Å²) in [6, 6.07) is 14.8. The summed E-state index contributed by atoms with van der Waals surface area (Å²) < 4.78 is 5.67. The summed E-state index contributed by atoms with van der Waals surface area (Å²) in [7, 11) is 3.48. The lowest BCUT2D eigenvalue weighted by Crippen LogP contribution is -2.39. The van der Waals surface area contributed by atoms with Gasteiger partial charge in [0.1, 0.15) is 12.4 Å². The third kappa shape index (κ3) is 8.91. The summed E-state index contributed by atoms with van der Waals surface area (Å²) in [4.78, 5) is 18.1. The largest absolute Gasteiger partial charge is 0.492 e. The average Bonchev–Trinajstić information content (AvgIpc) is 2.69. The Balaban J connectivity index is 0.00000420. The number of nitrogens with one attached hydrogen (secondary N) is 2. The summed E-state index contributed by atoms with van der Waals surface area (Å²) in [5, 5.41) is 7.10. The van der Waals surface area contributed by atoms with Gasteiger partial charge in [-0.25, -0.2) is 4.99 Å². The van der Waals surface area contributed by atoms with Gasteiger partial charge in [0.2, 0.25) is 0 Å². The Kier molecular flexibility index (Phi) is 11.5. The second kappa shape index (κ2) is 13.3. The number of amides is 1. The highest BCUT2D eigenvalue weighted by Gasteiger charge is 2.07. The van der Waals surface area contributed by atoms with Crippen molar-refractivity contribution in [3.05, 3.63) is 64.7 Å². The fourth-order valence-electron chi connectivity index (χ4n) is 2.42. The van der Waals surface area contributed by atoms with Crippen LogP contribution in [0, 0.1) is 0 Å². The maximum absolute atomic E-state index is 11.9. The first-order valence-corrected chi connectivity index (χ1v) is 9.58. The van der Waals surface area contributed by atoms with Crippen molar-refractivity contribution in [3.63, 3.8) is 0 Å². The zero-order valence-corrected chi connectivity index (χ0v) is 20.0. The van der Waals surface area contributed by atoms with Crippen LogP contribution < -0.4 is 15.4 Å². The molecule has 0 atom stereocenters. The fourth-order valence-corrected chi connectivity index (χ4v) is 2.60. The van der Waals surface area contributed by atoms with Gasteiger partial charge in [0.25, 0.3) is 5.91 Å². The van der Waals surface area contributed by atoms with Crippen LogP contribution in [0.1, 0.15) is 22.8 Å². The predicted molar refractivity (Wildman–Crippen MR) is 130 cm³/mol. The summed E-state index contributed by atoms with van der Waals surface area (Å²) in [5.74, 6) is 1.44. The molecule has 0 aliphatic rings. The Morgan fingerprint density at radius 1 is 1.14 bits per heavy atom. The Morgan fingerprint density at radius 2 is 1.86 bits per heavy atom. The highest BCUT2D eigenvalue weighted by molar-refractivity contribution is 14.0. The van der Waals surface area contributed by atoms with E-state index in [9.17, 15) is 4.79 Å². The predicted octanol–water partition coefficient (Wildman–Crippen LogP) is 3.79. The van der Waals surface area contributed by atoms with Crippen molar-refractivity contribution in [3.8, 4) is 5.75 Å². The Labute approximate surface area is 194 Å². The maximum Gasteiger partial charge on any atom is 0.253 e. The van der Waals surface area contributed by atoms with Crippen molar-refractivity contribution in [2.45, 2.75) is 13.5 Å². The van der Waals surface area contributed by atoms with Crippen molar-refractivity contribution in [1.82, 2.24) is 15.5 Å². The summed E-state index contributed by atoms with van der Waals surface area (Å²) in [6.07, 6.45) is 0. The average molecular weight is 531 g/mol. The molecule has 0 radical (unpaired) electrons. The van der Waals surface area contributed by atoms with E-state index in [1.165, 1.54) is 0 Å². The molecule has 2 rings (SSSR count). The Hall–Kier alpha value is -2.00. The van der Waals surface area contributed by atoms with Crippen LogP contribution in [0.4, 0.5) is 0 Å². The van der Waals surface area contributed by atoms with Crippen molar-refractivity contribution in [1.29, 1.82) is 0 Å². The molecule has 0 aliphatic heterocycles. The Morgan fingerprint density at radius 3 is 2.48 bits per heavy atom. The normalized spacial score (nSPS) is 10.7. The highest BCUT2D eigenvalue weighted by atomic mass is 127. The van der Waals surface area contributed by atoms with Gasteiger partial charge in [-0.1, -0.05) is 29.8 Å². The number of nitrogens with zero attached hydrogens (tertiary/aromatic N) is 2. The number of benzene rings is 2. The molecule has 0 aliphatic carbocycles. The van der Waals surface area contributed by atoms with Crippen LogP contribution in [-0.4, -0.2) is 50.6 Å². The first kappa shape index (κ1) is 25.0. The van der Waals surface area contributed by atoms with Gasteiger partial charge in [0, 0.05) is 31.2 Å². The first-order chi connectivity index (χ1) is 13.5. The van der Waals surface area contributed by atoms with Crippen LogP contribution in [0.2, 0.25) is 5.02 Å². The number of hydrogen-bond donors (Lipinski definition) is 2. The molecule has 0 saturated heterocycles. The molecular weight excluding hydrogens is 503 g/mol. The van der Waals surface area contributed by atoms with Gasteiger partial charge in [0.15, 0.2) is 5.96 Å². The van der Waals surface area contributed by atoms with Crippen LogP contribution in [0.5, 0.6) is 5.75 Å². The van der Waals surface area contributed by atoms with E-state index < -0.39 is 0 Å². The second-order valence-electron chi connectivity index (χ2n) is 6.32. The molecule has 8 heteroatoms. The minimum Gasteiger partial charge on any atom is -0.492 e. The summed E-state index contributed by atoms with van der Waals surface area (Å²) in [6.45, 7) is 4.39. The van der Waals surface area contributed by atoms with Gasteiger partial charge < -0.3 is 20.3 Å². The van der Waals surface area contributed by atoms with Gasteiger partial charge in [-0.2, -0.15) is 0 Å². The molecule has 1 amide bonds. The lowest BCUT2D eigenvalue weighted by atomic mass is 10.1. The number of halogens is 2. The molecule has 0 unspecified atom stereocenters. The number of carbonyl (C=O) groups is 1.